The molecule has 0 aliphatic carbocycles. The summed E-state index contributed by atoms with van der Waals surface area (Å²) in [6.45, 7) is 0.983. The summed E-state index contributed by atoms with van der Waals surface area (Å²) in [6.07, 6.45) is 0. The van der Waals surface area contributed by atoms with Crippen molar-refractivity contribution in [1.82, 2.24) is 4.90 Å². The second-order valence-corrected chi connectivity index (χ2v) is 8.97. The predicted octanol–water partition coefficient (Wildman–Crippen LogP) is 5.34. The third-order valence-corrected chi connectivity index (χ3v) is 6.37. The van der Waals surface area contributed by atoms with E-state index in [0.717, 1.165) is 23.1 Å². The molecule has 0 radical (unpaired) electrons. The first-order valence-corrected chi connectivity index (χ1v) is 10.5. The molecule has 1 saturated heterocycles. The van der Waals surface area contributed by atoms with Crippen LogP contribution >= 0.6 is 69.2 Å². The molecule has 1 aliphatic heterocycles. The maximum atomic E-state index is 5.64. The van der Waals surface area contributed by atoms with Crippen LogP contribution in [0.25, 0.3) is 0 Å². The third-order valence-electron chi connectivity index (χ3n) is 3.38. The van der Waals surface area contributed by atoms with Gasteiger partial charge in [-0.2, -0.15) is 0 Å². The number of thioether (sulfide) groups is 1. The Bertz CT molecular complexity index is 676. The highest BCUT2D eigenvalue weighted by molar-refractivity contribution is 14.1. The van der Waals surface area contributed by atoms with E-state index in [-0.39, 0.29) is 0 Å². The van der Waals surface area contributed by atoms with Crippen LogP contribution in [0.5, 0.6) is 0 Å². The van der Waals surface area contributed by atoms with E-state index in [2.05, 4.69) is 97.9 Å². The van der Waals surface area contributed by atoms with Crippen molar-refractivity contribution >= 4 is 80.0 Å². The summed E-state index contributed by atoms with van der Waals surface area (Å²) in [5, 5.41) is 4.48. The van der Waals surface area contributed by atoms with E-state index in [9.17, 15) is 0 Å². The summed E-state index contributed by atoms with van der Waals surface area (Å²) < 4.78 is 2.46. The van der Waals surface area contributed by atoms with Gasteiger partial charge in [-0.3, -0.25) is 0 Å². The summed E-state index contributed by atoms with van der Waals surface area (Å²) in [5.74, 6) is 1.10. The minimum atomic E-state index is 0.305. The highest BCUT2D eigenvalue weighted by Gasteiger charge is 2.28. The van der Waals surface area contributed by atoms with Gasteiger partial charge in [0.1, 0.15) is 5.37 Å². The number of thiocarbonyl (C=S) groups is 1. The van der Waals surface area contributed by atoms with E-state index < -0.39 is 0 Å². The molecule has 1 atom stereocenters. The average Bonchev–Trinajstić information content (AvgIpc) is 2.97. The number of halogens is 2. The first kappa shape index (κ1) is 16.8. The SMILES string of the molecule is S=C(Nc1cccc(I)c1)N1CCSC1c1ccc(I)cc1. The quantitative estimate of drug-likeness (QED) is 0.400. The Labute approximate surface area is 167 Å². The number of nitrogens with zero attached hydrogens (tertiary/aromatic N) is 1. The molecule has 2 aromatic rings. The van der Waals surface area contributed by atoms with Crippen molar-refractivity contribution in [2.75, 3.05) is 17.6 Å². The number of hydrogen-bond acceptors (Lipinski definition) is 2. The largest absolute Gasteiger partial charge is 0.333 e. The van der Waals surface area contributed by atoms with Crippen molar-refractivity contribution < 1.29 is 0 Å². The van der Waals surface area contributed by atoms with Gasteiger partial charge in [0.05, 0.1) is 0 Å². The number of nitrogens with one attached hydrogen (secondary N) is 1. The molecule has 114 valence electrons. The fourth-order valence-electron chi connectivity index (χ4n) is 2.34. The van der Waals surface area contributed by atoms with Gasteiger partial charge in [0.2, 0.25) is 0 Å². The summed E-state index contributed by atoms with van der Waals surface area (Å²) in [5.41, 5.74) is 2.37. The zero-order valence-corrected chi connectivity index (χ0v) is 17.6. The van der Waals surface area contributed by atoms with E-state index in [0.29, 0.717) is 5.37 Å². The molecule has 1 N–H and O–H groups in total. The Morgan fingerprint density at radius 1 is 1.14 bits per heavy atom. The van der Waals surface area contributed by atoms with Gasteiger partial charge in [0.15, 0.2) is 5.11 Å². The molecule has 22 heavy (non-hydrogen) atoms. The van der Waals surface area contributed by atoms with Crippen molar-refractivity contribution in [3.05, 3.63) is 61.2 Å². The fraction of sp³-hybridized carbons (Fsp3) is 0.188. The minimum Gasteiger partial charge on any atom is -0.333 e. The first-order valence-electron chi connectivity index (χ1n) is 6.84. The minimum absolute atomic E-state index is 0.305. The molecular formula is C16H14I2N2S2. The van der Waals surface area contributed by atoms with Crippen LogP contribution in [0.4, 0.5) is 5.69 Å². The molecule has 0 saturated carbocycles. The standard InChI is InChI=1S/C16H14I2N2S2/c17-12-6-4-11(5-7-12)15-20(8-9-22-15)16(21)19-14-3-1-2-13(18)10-14/h1-7,10,15H,8-9H2,(H,19,21). The van der Waals surface area contributed by atoms with Crippen LogP contribution in [0.1, 0.15) is 10.9 Å². The zero-order valence-electron chi connectivity index (χ0n) is 11.6. The van der Waals surface area contributed by atoms with Gasteiger partial charge in [0.25, 0.3) is 0 Å². The lowest BCUT2D eigenvalue weighted by atomic mass is 10.2. The van der Waals surface area contributed by atoms with Crippen molar-refractivity contribution in [3.8, 4) is 0 Å². The maximum absolute atomic E-state index is 5.64. The summed E-state index contributed by atoms with van der Waals surface area (Å²) in [6, 6.07) is 17.0. The highest BCUT2D eigenvalue weighted by atomic mass is 127. The van der Waals surface area contributed by atoms with Crippen LogP contribution in [-0.2, 0) is 0 Å². The van der Waals surface area contributed by atoms with Gasteiger partial charge in [-0.15, -0.1) is 11.8 Å². The molecule has 0 bridgehead atoms. The van der Waals surface area contributed by atoms with E-state index in [1.54, 1.807) is 0 Å². The Kier molecular flexibility index (Phi) is 5.85. The lowest BCUT2D eigenvalue weighted by Gasteiger charge is -2.27. The van der Waals surface area contributed by atoms with Crippen molar-refractivity contribution in [2.45, 2.75) is 5.37 Å². The van der Waals surface area contributed by atoms with E-state index in [1.165, 1.54) is 12.7 Å². The van der Waals surface area contributed by atoms with E-state index in [4.69, 9.17) is 12.2 Å². The topological polar surface area (TPSA) is 15.3 Å². The molecule has 0 aromatic heterocycles. The Hall–Kier alpha value is -0.0600. The van der Waals surface area contributed by atoms with Crippen LogP contribution in [0, 0.1) is 7.14 Å². The summed E-state index contributed by atoms with van der Waals surface area (Å²) in [4.78, 5) is 2.28. The van der Waals surface area contributed by atoms with Gasteiger partial charge in [0, 0.05) is 25.1 Å². The fourth-order valence-corrected chi connectivity index (χ4v) is 4.89. The van der Waals surface area contributed by atoms with Gasteiger partial charge in [-0.25, -0.2) is 0 Å². The smallest absolute Gasteiger partial charge is 0.174 e. The molecular weight excluding hydrogens is 538 g/mol. The third kappa shape index (κ3) is 4.07. The maximum Gasteiger partial charge on any atom is 0.174 e. The monoisotopic (exact) mass is 552 g/mol. The van der Waals surface area contributed by atoms with Gasteiger partial charge >= 0.3 is 0 Å². The van der Waals surface area contributed by atoms with E-state index >= 15 is 0 Å². The molecule has 1 fully saturated rings. The van der Waals surface area contributed by atoms with Crippen LogP contribution in [0.15, 0.2) is 48.5 Å². The Morgan fingerprint density at radius 3 is 2.64 bits per heavy atom. The summed E-state index contributed by atoms with van der Waals surface area (Å²) in [7, 11) is 0. The second kappa shape index (κ2) is 7.67. The lowest BCUT2D eigenvalue weighted by molar-refractivity contribution is 0.457. The number of hydrogen-bond donors (Lipinski definition) is 1. The Balaban J connectivity index is 1.75. The molecule has 6 heteroatoms. The average molecular weight is 552 g/mol. The number of rotatable bonds is 2. The van der Waals surface area contributed by atoms with E-state index in [1.807, 2.05) is 17.8 Å². The van der Waals surface area contributed by atoms with Crippen LogP contribution < -0.4 is 5.32 Å². The summed E-state index contributed by atoms with van der Waals surface area (Å²) >= 11 is 12.2. The van der Waals surface area contributed by atoms with Crippen molar-refractivity contribution in [3.63, 3.8) is 0 Å². The van der Waals surface area contributed by atoms with Crippen LogP contribution in [0.2, 0.25) is 0 Å². The van der Waals surface area contributed by atoms with Gasteiger partial charge < -0.3 is 10.2 Å². The number of benzene rings is 2. The normalized spacial score (nSPS) is 17.5. The molecule has 1 aliphatic rings. The van der Waals surface area contributed by atoms with Crippen molar-refractivity contribution in [1.29, 1.82) is 0 Å². The van der Waals surface area contributed by atoms with Crippen molar-refractivity contribution in [2.24, 2.45) is 0 Å². The van der Waals surface area contributed by atoms with Gasteiger partial charge in [-0.05, 0) is 93.3 Å². The second-order valence-electron chi connectivity index (χ2n) is 4.91. The number of anilines is 1. The molecule has 1 unspecified atom stereocenters. The zero-order chi connectivity index (χ0) is 15.5. The molecule has 1 heterocycles. The first-order chi connectivity index (χ1) is 10.6. The Morgan fingerprint density at radius 2 is 1.91 bits per heavy atom. The van der Waals surface area contributed by atoms with Crippen LogP contribution in [0.3, 0.4) is 0 Å². The molecule has 2 nitrogen and oxygen atoms in total. The predicted molar refractivity (Wildman–Crippen MR) is 116 cm³/mol. The molecule has 0 amide bonds. The molecule has 3 rings (SSSR count). The van der Waals surface area contributed by atoms with Crippen LogP contribution in [-0.4, -0.2) is 22.3 Å². The lowest BCUT2D eigenvalue weighted by Crippen LogP contribution is -2.34. The molecule has 0 spiro atoms. The highest BCUT2D eigenvalue weighted by Crippen LogP contribution is 2.38. The molecule has 2 aromatic carbocycles. The van der Waals surface area contributed by atoms with Gasteiger partial charge in [-0.1, -0.05) is 18.2 Å².